The molecule has 0 fully saturated rings. The van der Waals surface area contributed by atoms with Crippen LogP contribution in [0.2, 0.25) is 15.1 Å². The predicted molar refractivity (Wildman–Crippen MR) is 95.0 cm³/mol. The van der Waals surface area contributed by atoms with Gasteiger partial charge in [0.2, 0.25) is 0 Å². The summed E-state index contributed by atoms with van der Waals surface area (Å²) in [4.78, 5) is 11.9. The molecule has 2 aromatic rings. The third kappa shape index (κ3) is 4.19. The summed E-state index contributed by atoms with van der Waals surface area (Å²) in [6.07, 6.45) is 3.11. The first kappa shape index (κ1) is 17.7. The Morgan fingerprint density at radius 2 is 1.83 bits per heavy atom. The molecule has 0 atom stereocenters. The van der Waals surface area contributed by atoms with Gasteiger partial charge in [0.1, 0.15) is 0 Å². The monoisotopic (exact) mass is 372 g/mol. The van der Waals surface area contributed by atoms with Crippen LogP contribution in [0.4, 0.5) is 5.69 Å². The molecule has 0 saturated heterocycles. The number of aromatic nitrogens is 2. The highest BCUT2D eigenvalue weighted by atomic mass is 35.5. The second-order valence-electron chi connectivity index (χ2n) is 4.90. The van der Waals surface area contributed by atoms with Gasteiger partial charge in [-0.25, -0.2) is 0 Å². The van der Waals surface area contributed by atoms with Crippen LogP contribution in [0, 0.1) is 13.8 Å². The summed E-state index contributed by atoms with van der Waals surface area (Å²) in [6, 6.07) is 3.06. The number of halogens is 3. The number of carbonyl (C=O) groups is 1. The normalized spacial score (nSPS) is 11.0. The lowest BCUT2D eigenvalue weighted by Crippen LogP contribution is -2.27. The van der Waals surface area contributed by atoms with Crippen molar-refractivity contribution in [3.63, 3.8) is 0 Å². The predicted octanol–water partition coefficient (Wildman–Crippen LogP) is 4.15. The molecule has 0 radical (unpaired) electrons. The molecule has 23 heavy (non-hydrogen) atoms. The first-order valence-corrected chi connectivity index (χ1v) is 7.81. The number of benzene rings is 1. The largest absolute Gasteiger partial charge is 0.295 e. The summed E-state index contributed by atoms with van der Waals surface area (Å²) in [5.74, 6) is -0.352. The van der Waals surface area contributed by atoms with Crippen molar-refractivity contribution < 1.29 is 4.79 Å². The second-order valence-corrected chi connectivity index (χ2v) is 6.15. The molecule has 1 aromatic carbocycles. The molecule has 0 saturated carbocycles. The van der Waals surface area contributed by atoms with E-state index in [0.29, 0.717) is 20.8 Å². The molecule has 2 N–H and O–H groups in total. The van der Waals surface area contributed by atoms with Crippen molar-refractivity contribution in [3.05, 3.63) is 50.2 Å². The minimum absolute atomic E-state index is 0.311. The molecule has 0 bridgehead atoms. The lowest BCUT2D eigenvalue weighted by molar-refractivity contribution is -0.115. The summed E-state index contributed by atoms with van der Waals surface area (Å²) in [6.45, 7) is 3.82. The minimum atomic E-state index is -0.352. The smallest absolute Gasteiger partial charge is 0.262 e. The van der Waals surface area contributed by atoms with Crippen molar-refractivity contribution in [2.75, 3.05) is 5.43 Å². The van der Waals surface area contributed by atoms with Crippen molar-refractivity contribution >= 4 is 52.5 Å². The molecule has 8 heteroatoms. The van der Waals surface area contributed by atoms with Crippen molar-refractivity contribution in [3.8, 4) is 0 Å². The summed E-state index contributed by atoms with van der Waals surface area (Å²) in [5.41, 5.74) is 8.30. The number of carbonyl (C=O) groups excluding carboxylic acids is 1. The van der Waals surface area contributed by atoms with Crippen molar-refractivity contribution in [1.29, 1.82) is 0 Å². The van der Waals surface area contributed by atoms with Crippen LogP contribution >= 0.6 is 34.8 Å². The molecule has 2 rings (SSSR count). The van der Waals surface area contributed by atoms with Crippen LogP contribution in [-0.4, -0.2) is 15.7 Å². The van der Waals surface area contributed by atoms with Crippen LogP contribution in [0.15, 0.2) is 18.2 Å². The molecule has 0 aliphatic rings. The number of rotatable bonds is 4. The van der Waals surface area contributed by atoms with Gasteiger partial charge in [-0.3, -0.25) is 20.3 Å². The Morgan fingerprint density at radius 3 is 2.35 bits per heavy atom. The third-order valence-corrected chi connectivity index (χ3v) is 4.10. The highest BCUT2D eigenvalue weighted by Crippen LogP contribution is 2.33. The summed E-state index contributed by atoms with van der Waals surface area (Å²) < 4.78 is 1.76. The average Bonchev–Trinajstić information content (AvgIpc) is 2.69. The van der Waals surface area contributed by atoms with E-state index < -0.39 is 0 Å². The van der Waals surface area contributed by atoms with Crippen molar-refractivity contribution in [1.82, 2.24) is 15.2 Å². The van der Waals surface area contributed by atoms with Gasteiger partial charge < -0.3 is 0 Å². The number of nitrogens with zero attached hydrogens (tertiary/aromatic N) is 2. The van der Waals surface area contributed by atoms with E-state index in [9.17, 15) is 4.79 Å². The van der Waals surface area contributed by atoms with Gasteiger partial charge in [0.05, 0.1) is 21.4 Å². The number of nitrogens with one attached hydrogen (secondary N) is 2. The zero-order chi connectivity index (χ0) is 17.1. The standard InChI is InChI=1S/C15H15Cl3N4O/c1-8-11(9(2)22(3)21-8)4-5-14(23)19-20-15-12(17)6-10(16)7-13(15)18/h4-7,20H,1-3H3,(H,19,23)/b5-4-. The van der Waals surface area contributed by atoms with Crippen LogP contribution in [0.5, 0.6) is 0 Å². The SMILES string of the molecule is Cc1nn(C)c(C)c1/C=C\C(=O)NNc1c(Cl)cc(Cl)cc1Cl. The Hall–Kier alpha value is -1.69. The van der Waals surface area contributed by atoms with Gasteiger partial charge in [0.15, 0.2) is 0 Å². The Balaban J connectivity index is 2.05. The summed E-state index contributed by atoms with van der Waals surface area (Å²) >= 11 is 17.9. The second kappa shape index (κ2) is 7.25. The maximum Gasteiger partial charge on any atom is 0.262 e. The molecule has 1 aromatic heterocycles. The number of hydrogen-bond donors (Lipinski definition) is 2. The molecule has 1 amide bonds. The summed E-state index contributed by atoms with van der Waals surface area (Å²) in [5, 5.41) is 5.32. The van der Waals surface area contributed by atoms with Crippen LogP contribution < -0.4 is 10.9 Å². The Kier molecular flexibility index (Phi) is 5.57. The number of aryl methyl sites for hydroxylation is 2. The van der Waals surface area contributed by atoms with Crippen LogP contribution in [-0.2, 0) is 11.8 Å². The van der Waals surface area contributed by atoms with Gasteiger partial charge in [-0.1, -0.05) is 34.8 Å². The molecule has 0 aliphatic carbocycles. The number of hydrazine groups is 1. The van der Waals surface area contributed by atoms with Gasteiger partial charge in [-0.05, 0) is 32.1 Å². The van der Waals surface area contributed by atoms with Gasteiger partial charge in [0.25, 0.3) is 5.91 Å². The van der Waals surface area contributed by atoms with Gasteiger partial charge >= 0.3 is 0 Å². The fourth-order valence-corrected chi connectivity index (χ4v) is 2.93. The van der Waals surface area contributed by atoms with Crippen molar-refractivity contribution in [2.24, 2.45) is 7.05 Å². The first-order valence-electron chi connectivity index (χ1n) is 6.68. The number of hydrogen-bond acceptors (Lipinski definition) is 3. The highest BCUT2D eigenvalue weighted by molar-refractivity contribution is 6.41. The Bertz CT molecular complexity index is 760. The Morgan fingerprint density at radius 1 is 1.22 bits per heavy atom. The van der Waals surface area contributed by atoms with E-state index in [1.54, 1.807) is 10.8 Å². The zero-order valence-electron chi connectivity index (χ0n) is 12.7. The molecular weight excluding hydrogens is 359 g/mol. The average molecular weight is 374 g/mol. The fourth-order valence-electron chi connectivity index (χ4n) is 2.02. The molecule has 1 heterocycles. The number of anilines is 1. The fraction of sp³-hybridized carbons (Fsp3) is 0.200. The quantitative estimate of drug-likeness (QED) is 0.625. The van der Waals surface area contributed by atoms with E-state index in [1.807, 2.05) is 20.9 Å². The van der Waals surface area contributed by atoms with Gasteiger partial charge in [-0.2, -0.15) is 5.10 Å². The zero-order valence-corrected chi connectivity index (χ0v) is 15.0. The maximum absolute atomic E-state index is 11.9. The number of amides is 1. The van der Waals surface area contributed by atoms with E-state index in [2.05, 4.69) is 16.0 Å². The topological polar surface area (TPSA) is 59.0 Å². The molecular formula is C15H15Cl3N4O. The van der Waals surface area contributed by atoms with Crippen LogP contribution in [0.1, 0.15) is 17.0 Å². The summed E-state index contributed by atoms with van der Waals surface area (Å²) in [7, 11) is 1.85. The van der Waals surface area contributed by atoms with E-state index in [1.165, 1.54) is 18.2 Å². The lowest BCUT2D eigenvalue weighted by Gasteiger charge is -2.10. The van der Waals surface area contributed by atoms with E-state index in [-0.39, 0.29) is 5.91 Å². The van der Waals surface area contributed by atoms with Crippen LogP contribution in [0.3, 0.4) is 0 Å². The lowest BCUT2D eigenvalue weighted by atomic mass is 10.2. The van der Waals surface area contributed by atoms with E-state index >= 15 is 0 Å². The molecule has 0 spiro atoms. The van der Waals surface area contributed by atoms with E-state index in [0.717, 1.165) is 17.0 Å². The van der Waals surface area contributed by atoms with E-state index in [4.69, 9.17) is 34.8 Å². The Labute approximate surface area is 149 Å². The highest BCUT2D eigenvalue weighted by Gasteiger charge is 2.09. The molecule has 5 nitrogen and oxygen atoms in total. The molecule has 0 unspecified atom stereocenters. The van der Waals surface area contributed by atoms with Crippen LogP contribution in [0.25, 0.3) is 6.08 Å². The first-order chi connectivity index (χ1) is 10.8. The molecule has 0 aliphatic heterocycles. The van der Waals surface area contributed by atoms with Gasteiger partial charge in [-0.15, -0.1) is 0 Å². The van der Waals surface area contributed by atoms with Crippen molar-refractivity contribution in [2.45, 2.75) is 13.8 Å². The molecule has 122 valence electrons. The maximum atomic E-state index is 11.9. The third-order valence-electron chi connectivity index (χ3n) is 3.28. The minimum Gasteiger partial charge on any atom is -0.295 e. The van der Waals surface area contributed by atoms with Gasteiger partial charge in [0, 0.05) is 29.4 Å².